The molecule has 1 aliphatic carbocycles. The molecule has 1 amide bonds. The van der Waals surface area contributed by atoms with E-state index in [2.05, 4.69) is 39.4 Å². The Morgan fingerprint density at radius 1 is 1.03 bits per heavy atom. The number of anilines is 1. The highest BCUT2D eigenvalue weighted by Gasteiger charge is 2.25. The van der Waals surface area contributed by atoms with Crippen LogP contribution in [0.15, 0.2) is 29.6 Å². The predicted octanol–water partition coefficient (Wildman–Crippen LogP) is 4.70. The molecule has 0 radical (unpaired) electrons. The molecular weight excluding hydrogens is 378 g/mol. The molecule has 0 N–H and O–H groups in total. The molecule has 1 aliphatic heterocycles. The Labute approximate surface area is 179 Å². The zero-order valence-corrected chi connectivity index (χ0v) is 18.8. The molecule has 1 saturated carbocycles. The quantitative estimate of drug-likeness (QED) is 0.687. The summed E-state index contributed by atoms with van der Waals surface area (Å²) in [6, 6.07) is 8.97. The molecule has 2 aliphatic rings. The van der Waals surface area contributed by atoms with Crippen LogP contribution in [-0.2, 0) is 4.79 Å². The Balaban J connectivity index is 1.18. The van der Waals surface area contributed by atoms with Crippen LogP contribution in [0.1, 0.15) is 38.5 Å². The average Bonchev–Trinajstić information content (AvgIpc) is 3.22. The van der Waals surface area contributed by atoms with Crippen LogP contribution in [0.4, 0.5) is 5.69 Å². The van der Waals surface area contributed by atoms with Crippen LogP contribution in [0.2, 0.25) is 0 Å². The number of rotatable bonds is 6. The highest BCUT2D eigenvalue weighted by molar-refractivity contribution is 7.17. The van der Waals surface area contributed by atoms with E-state index in [0.29, 0.717) is 11.8 Å². The number of carbonyl (C=O) groups is 1. The first kappa shape index (κ1) is 20.7. The van der Waals surface area contributed by atoms with Crippen molar-refractivity contribution in [2.24, 2.45) is 11.8 Å². The fraction of sp³-hybridized carbons (Fsp3) is 0.625. The highest BCUT2D eigenvalue weighted by atomic mass is 32.1. The molecule has 4 nitrogen and oxygen atoms in total. The van der Waals surface area contributed by atoms with Crippen molar-refractivity contribution in [2.45, 2.75) is 38.5 Å². The third kappa shape index (κ3) is 5.13. The molecule has 0 atom stereocenters. The third-order valence-electron chi connectivity index (χ3n) is 6.97. The summed E-state index contributed by atoms with van der Waals surface area (Å²) in [4.78, 5) is 18.9. The molecule has 2 heterocycles. The van der Waals surface area contributed by atoms with Crippen LogP contribution in [0, 0.1) is 11.8 Å². The fourth-order valence-electron chi connectivity index (χ4n) is 4.99. The van der Waals surface area contributed by atoms with Crippen molar-refractivity contribution in [1.82, 2.24) is 9.80 Å². The Hall–Kier alpha value is -1.59. The highest BCUT2D eigenvalue weighted by Crippen LogP contribution is 2.34. The lowest BCUT2D eigenvalue weighted by molar-refractivity contribution is -0.130. The van der Waals surface area contributed by atoms with Crippen molar-refractivity contribution in [3.63, 3.8) is 0 Å². The summed E-state index contributed by atoms with van der Waals surface area (Å²) in [6.45, 7) is 5.85. The lowest BCUT2D eigenvalue weighted by atomic mass is 9.79. The van der Waals surface area contributed by atoms with Gasteiger partial charge in [0.25, 0.3) is 0 Å². The second-order valence-electron chi connectivity index (χ2n) is 9.11. The topological polar surface area (TPSA) is 26.8 Å². The van der Waals surface area contributed by atoms with E-state index in [-0.39, 0.29) is 0 Å². The molecular formula is C24H35N3OS. The molecule has 29 heavy (non-hydrogen) atoms. The van der Waals surface area contributed by atoms with Gasteiger partial charge < -0.3 is 9.80 Å². The Bertz CT molecular complexity index is 801. The van der Waals surface area contributed by atoms with Gasteiger partial charge in [-0.1, -0.05) is 18.9 Å². The number of hydrogen-bond donors (Lipinski definition) is 0. The van der Waals surface area contributed by atoms with E-state index in [1.807, 2.05) is 25.4 Å². The number of carbonyl (C=O) groups excluding carboxylic acids is 1. The van der Waals surface area contributed by atoms with Crippen LogP contribution in [0.5, 0.6) is 0 Å². The zero-order chi connectivity index (χ0) is 20.2. The van der Waals surface area contributed by atoms with E-state index in [4.69, 9.17) is 0 Å². The normalized spacial score (nSPS) is 23.4. The second kappa shape index (κ2) is 9.48. The average molecular weight is 414 g/mol. The SMILES string of the molecule is CN(C)C(=O)CC1CCC(CCN2CCN(c3cccc4sccc34)CC2)CC1. The molecule has 2 fully saturated rings. The molecule has 5 heteroatoms. The fourth-order valence-corrected chi connectivity index (χ4v) is 5.79. The minimum atomic E-state index is 0.296. The second-order valence-corrected chi connectivity index (χ2v) is 10.1. The van der Waals surface area contributed by atoms with Gasteiger partial charge in [-0.2, -0.15) is 0 Å². The first-order valence-electron chi connectivity index (χ1n) is 11.2. The van der Waals surface area contributed by atoms with Gasteiger partial charge in [-0.25, -0.2) is 0 Å². The van der Waals surface area contributed by atoms with Crippen LogP contribution in [0.25, 0.3) is 10.1 Å². The number of nitrogens with zero attached hydrogens (tertiary/aromatic N) is 3. The van der Waals surface area contributed by atoms with E-state index < -0.39 is 0 Å². The molecule has 2 aromatic rings. The van der Waals surface area contributed by atoms with Crippen molar-refractivity contribution in [1.29, 1.82) is 0 Å². The van der Waals surface area contributed by atoms with Crippen molar-refractivity contribution >= 4 is 33.0 Å². The number of amides is 1. The maximum Gasteiger partial charge on any atom is 0.222 e. The van der Waals surface area contributed by atoms with Crippen molar-refractivity contribution < 1.29 is 4.79 Å². The smallest absolute Gasteiger partial charge is 0.222 e. The van der Waals surface area contributed by atoms with Crippen LogP contribution in [0.3, 0.4) is 0 Å². The molecule has 1 aromatic heterocycles. The Morgan fingerprint density at radius 3 is 2.48 bits per heavy atom. The maximum atomic E-state index is 11.9. The summed E-state index contributed by atoms with van der Waals surface area (Å²) >= 11 is 1.84. The van der Waals surface area contributed by atoms with Gasteiger partial charge in [-0.3, -0.25) is 9.69 Å². The largest absolute Gasteiger partial charge is 0.368 e. The minimum Gasteiger partial charge on any atom is -0.368 e. The van der Waals surface area contributed by atoms with Gasteiger partial charge in [0.05, 0.1) is 0 Å². The van der Waals surface area contributed by atoms with Gasteiger partial charge in [-0.15, -0.1) is 11.3 Å². The monoisotopic (exact) mass is 413 g/mol. The molecule has 0 spiro atoms. The minimum absolute atomic E-state index is 0.296. The number of benzene rings is 1. The molecule has 4 rings (SSSR count). The molecule has 158 valence electrons. The molecule has 1 aromatic carbocycles. The van der Waals surface area contributed by atoms with Gasteiger partial charge in [0.2, 0.25) is 5.91 Å². The number of thiophene rings is 1. The number of fused-ring (bicyclic) bond motifs is 1. The van der Waals surface area contributed by atoms with E-state index >= 15 is 0 Å². The third-order valence-corrected chi connectivity index (χ3v) is 7.85. The zero-order valence-electron chi connectivity index (χ0n) is 18.0. The van der Waals surface area contributed by atoms with Crippen LogP contribution >= 0.6 is 11.3 Å². The Kier molecular flexibility index (Phi) is 6.76. The summed E-state index contributed by atoms with van der Waals surface area (Å²) in [6.07, 6.45) is 7.18. The van der Waals surface area contributed by atoms with E-state index in [1.165, 1.54) is 67.5 Å². The summed E-state index contributed by atoms with van der Waals surface area (Å²) in [5.41, 5.74) is 1.41. The van der Waals surface area contributed by atoms with Crippen LogP contribution in [-0.4, -0.2) is 62.5 Å². The Morgan fingerprint density at radius 2 is 1.76 bits per heavy atom. The van der Waals surface area contributed by atoms with Gasteiger partial charge in [-0.05, 0) is 61.2 Å². The molecule has 1 saturated heterocycles. The predicted molar refractivity (Wildman–Crippen MR) is 124 cm³/mol. The van der Waals surface area contributed by atoms with Crippen LogP contribution < -0.4 is 4.90 Å². The molecule has 0 unspecified atom stereocenters. The lowest BCUT2D eigenvalue weighted by Gasteiger charge is -2.37. The van der Waals surface area contributed by atoms with Gasteiger partial charge in [0, 0.05) is 62.5 Å². The van der Waals surface area contributed by atoms with E-state index in [9.17, 15) is 4.79 Å². The first-order chi connectivity index (χ1) is 14.1. The summed E-state index contributed by atoms with van der Waals surface area (Å²) in [7, 11) is 3.74. The lowest BCUT2D eigenvalue weighted by Crippen LogP contribution is -2.47. The van der Waals surface area contributed by atoms with Crippen molar-refractivity contribution in [3.8, 4) is 0 Å². The number of hydrogen-bond acceptors (Lipinski definition) is 4. The van der Waals surface area contributed by atoms with E-state index in [1.54, 1.807) is 4.90 Å². The standard InChI is InChI=1S/C24H35N3OS/c1-25(2)24(28)18-20-8-6-19(7-9-20)10-12-26-13-15-27(16-14-26)22-4-3-5-23-21(22)11-17-29-23/h3-5,11,17,19-20H,6-10,12-16,18H2,1-2H3. The van der Waals surface area contributed by atoms with E-state index in [0.717, 1.165) is 25.4 Å². The first-order valence-corrected chi connectivity index (χ1v) is 12.1. The maximum absolute atomic E-state index is 11.9. The van der Waals surface area contributed by atoms with Gasteiger partial charge in [0.15, 0.2) is 0 Å². The van der Waals surface area contributed by atoms with Crippen molar-refractivity contribution in [3.05, 3.63) is 29.6 Å². The molecule has 0 bridgehead atoms. The van der Waals surface area contributed by atoms with Crippen molar-refractivity contribution in [2.75, 3.05) is 51.7 Å². The summed E-state index contributed by atoms with van der Waals surface area (Å²) in [5.74, 6) is 1.77. The summed E-state index contributed by atoms with van der Waals surface area (Å²) in [5, 5.41) is 3.62. The van der Waals surface area contributed by atoms with Gasteiger partial charge >= 0.3 is 0 Å². The van der Waals surface area contributed by atoms with Gasteiger partial charge in [0.1, 0.15) is 0 Å². The number of piperazine rings is 1. The summed E-state index contributed by atoms with van der Waals surface area (Å²) < 4.78 is 1.40.